The van der Waals surface area contributed by atoms with E-state index in [9.17, 15) is 19.5 Å². The molecule has 0 aliphatic rings. The normalized spacial score (nSPS) is 14.0. The van der Waals surface area contributed by atoms with E-state index in [4.69, 9.17) is 18.9 Å². The van der Waals surface area contributed by atoms with E-state index in [0.717, 1.165) is 161 Å². The Labute approximate surface area is 606 Å². The van der Waals surface area contributed by atoms with E-state index in [-0.39, 0.29) is 38.6 Å². The van der Waals surface area contributed by atoms with Crippen LogP contribution < -0.4 is 5.11 Å². The summed E-state index contributed by atoms with van der Waals surface area (Å²) in [5.74, 6) is -2.37. The van der Waals surface area contributed by atoms with Gasteiger partial charge in [0, 0.05) is 12.8 Å². The number of carboxylic acids is 1. The molecule has 552 valence electrons. The van der Waals surface area contributed by atoms with Crippen LogP contribution in [0.15, 0.2) is 231 Å². The lowest BCUT2D eigenvalue weighted by Crippen LogP contribution is -2.44. The number of carbonyl (C=O) groups excluding carboxylic acids is 3. The predicted octanol–water partition coefficient (Wildman–Crippen LogP) is 23.7. The van der Waals surface area contributed by atoms with Gasteiger partial charge in [0.05, 0.1) is 40.3 Å². The van der Waals surface area contributed by atoms with Gasteiger partial charge in [-0.2, -0.15) is 0 Å². The molecule has 0 saturated carbocycles. The van der Waals surface area contributed by atoms with Crippen LogP contribution in [0.4, 0.5) is 0 Å². The highest BCUT2D eigenvalue weighted by Crippen LogP contribution is 2.15. The molecule has 0 aromatic heterocycles. The molecule has 99 heavy (non-hydrogen) atoms. The van der Waals surface area contributed by atoms with Crippen LogP contribution in [0.3, 0.4) is 0 Å². The van der Waals surface area contributed by atoms with E-state index < -0.39 is 24.3 Å². The minimum absolute atomic E-state index is 0.127. The molecule has 0 spiro atoms. The van der Waals surface area contributed by atoms with Crippen LogP contribution in [0.2, 0.25) is 0 Å². The summed E-state index contributed by atoms with van der Waals surface area (Å²) in [6, 6.07) is 0. The number of unbranched alkanes of at least 4 members (excludes halogenated alkanes) is 15. The van der Waals surface area contributed by atoms with Crippen molar-refractivity contribution in [1.82, 2.24) is 0 Å². The van der Waals surface area contributed by atoms with Gasteiger partial charge in [-0.1, -0.05) is 315 Å². The third-order valence-electron chi connectivity index (χ3n) is 15.4. The zero-order valence-electron chi connectivity index (χ0n) is 63.0. The Bertz CT molecular complexity index is 2490. The van der Waals surface area contributed by atoms with Gasteiger partial charge in [-0.05, 0) is 161 Å². The Hall–Kier alpha value is -6.65. The van der Waals surface area contributed by atoms with Crippen LogP contribution in [-0.2, 0) is 33.3 Å². The molecule has 0 aliphatic carbocycles. The van der Waals surface area contributed by atoms with Gasteiger partial charge in [-0.25, -0.2) is 0 Å². The number of esters is 2. The van der Waals surface area contributed by atoms with Crippen molar-refractivity contribution in [1.29, 1.82) is 0 Å². The fourth-order valence-electron chi connectivity index (χ4n) is 9.62. The number of rotatable bonds is 68. The van der Waals surface area contributed by atoms with Crippen LogP contribution in [0.1, 0.15) is 258 Å². The molecule has 9 nitrogen and oxygen atoms in total. The lowest BCUT2D eigenvalue weighted by Gasteiger charge is -2.26. The topological polar surface area (TPSA) is 111 Å². The van der Waals surface area contributed by atoms with Gasteiger partial charge < -0.3 is 33.3 Å². The Morgan fingerprint density at radius 1 is 0.303 bits per heavy atom. The number of ether oxygens (including phenoxy) is 4. The number of carboxylic acid groups (broad SMARTS) is 1. The van der Waals surface area contributed by atoms with Crippen molar-refractivity contribution in [2.45, 2.75) is 270 Å². The molecule has 0 aliphatic heterocycles. The quantitative estimate of drug-likeness (QED) is 0.0195. The van der Waals surface area contributed by atoms with Gasteiger partial charge in [0.1, 0.15) is 13.2 Å². The molecule has 0 radical (unpaired) electrons. The summed E-state index contributed by atoms with van der Waals surface area (Å²) in [5.41, 5.74) is 0. The maximum atomic E-state index is 12.9. The third kappa shape index (κ3) is 78.6. The highest BCUT2D eigenvalue weighted by atomic mass is 16.7. The van der Waals surface area contributed by atoms with Crippen LogP contribution in [0.5, 0.6) is 0 Å². The van der Waals surface area contributed by atoms with Crippen molar-refractivity contribution in [3.63, 3.8) is 0 Å². The molecule has 0 aromatic carbocycles. The molecule has 9 heteroatoms. The molecule has 2 unspecified atom stereocenters. The maximum absolute atomic E-state index is 12.9. The second-order valence-electron chi connectivity index (χ2n) is 25.8. The van der Waals surface area contributed by atoms with Crippen LogP contribution >= 0.6 is 0 Å². The number of carbonyl (C=O) groups is 3. The van der Waals surface area contributed by atoms with Crippen molar-refractivity contribution < 1.29 is 42.9 Å². The second-order valence-corrected chi connectivity index (χ2v) is 25.8. The first-order valence-electron chi connectivity index (χ1n) is 38.5. The largest absolute Gasteiger partial charge is 0.545 e. The predicted molar refractivity (Wildman–Crippen MR) is 425 cm³/mol. The fraction of sp³-hybridized carbons (Fsp3) is 0.544. The van der Waals surface area contributed by atoms with E-state index >= 15 is 0 Å². The first-order chi connectivity index (χ1) is 48.6. The number of allylic oxidation sites excluding steroid dienone is 38. The number of hydrogen-bond donors (Lipinski definition) is 0. The standard InChI is InChI=1S/C90H139NO8/c1-6-8-10-12-14-16-18-20-22-24-26-28-30-32-34-36-38-40-42-43-44-45-47-49-51-53-55-57-59-61-63-65-67-69-71-73-75-77-79-81-88(93)99-86(85-98-90(89(94)95)96-83-82-91(3,4)5)84-97-87(92)80-78-76-74-72-70-68-66-64-62-60-58-56-54-52-50-48-46-41-39-37-35-33-31-29-27-25-23-21-19-17-15-13-11-9-7-2/h8-11,14-17,20-23,26-29,32-35,38-41,43-44,47-50,53,55,59,61,65,67,71,73,86,90H,6-7,12-13,18-19,24-25,30-31,36-37,42,45-46,51-52,54,56-58,60,62-64,66,68-70,72,74-85H2,1-5H3/b10-8-,11-9-,16-14-,17-15-,22-20-,23-21-,28-26-,29-27-,34-32-,35-33-,40-38-,41-39-,44-43-,49-47-,50-48-,55-53-,61-59-,67-65-,73-71-. The van der Waals surface area contributed by atoms with E-state index in [1.165, 1.54) is 64.2 Å². The number of quaternary nitrogens is 1. The molecular weight excluding hydrogens is 1220 g/mol. The van der Waals surface area contributed by atoms with Crippen molar-refractivity contribution in [2.24, 2.45) is 0 Å². The minimum Gasteiger partial charge on any atom is -0.545 e. The van der Waals surface area contributed by atoms with Crippen molar-refractivity contribution >= 4 is 17.9 Å². The van der Waals surface area contributed by atoms with Crippen LogP contribution in [0, 0.1) is 0 Å². The van der Waals surface area contributed by atoms with Crippen molar-refractivity contribution in [2.75, 3.05) is 47.5 Å². The molecule has 0 fully saturated rings. The number of likely N-dealkylation sites (N-methyl/N-ethyl adjacent to an activating group) is 1. The second kappa shape index (κ2) is 77.1. The van der Waals surface area contributed by atoms with Gasteiger partial charge >= 0.3 is 11.9 Å². The lowest BCUT2D eigenvalue weighted by atomic mass is 10.0. The Morgan fingerprint density at radius 2 is 0.545 bits per heavy atom. The number of hydrogen-bond acceptors (Lipinski definition) is 8. The molecule has 2 atom stereocenters. The summed E-state index contributed by atoms with van der Waals surface area (Å²) in [6.45, 7) is 4.44. The van der Waals surface area contributed by atoms with Gasteiger partial charge in [0.2, 0.25) is 0 Å². The van der Waals surface area contributed by atoms with Crippen LogP contribution in [0.25, 0.3) is 0 Å². The monoisotopic (exact) mass is 1360 g/mol. The van der Waals surface area contributed by atoms with Gasteiger partial charge in [0.15, 0.2) is 12.4 Å². The Balaban J connectivity index is 4.24. The van der Waals surface area contributed by atoms with Crippen LogP contribution in [-0.4, -0.2) is 82.3 Å². The van der Waals surface area contributed by atoms with E-state index in [2.05, 4.69) is 245 Å². The van der Waals surface area contributed by atoms with E-state index in [1.54, 1.807) is 0 Å². The average molecular weight is 1360 g/mol. The molecule has 0 aromatic rings. The zero-order valence-corrected chi connectivity index (χ0v) is 63.0. The van der Waals surface area contributed by atoms with E-state index in [1.807, 2.05) is 21.1 Å². The highest BCUT2D eigenvalue weighted by molar-refractivity contribution is 5.70. The maximum Gasteiger partial charge on any atom is 0.306 e. The Morgan fingerprint density at radius 3 is 0.828 bits per heavy atom. The average Bonchev–Trinajstić information content (AvgIpc) is 1.14. The molecule has 0 bridgehead atoms. The van der Waals surface area contributed by atoms with Crippen molar-refractivity contribution in [3.05, 3.63) is 231 Å². The Kier molecular flexibility index (Phi) is 71.9. The molecular formula is C90H139NO8. The molecule has 0 rings (SSSR count). The highest BCUT2D eigenvalue weighted by Gasteiger charge is 2.22. The molecule has 0 N–H and O–H groups in total. The zero-order chi connectivity index (χ0) is 71.8. The lowest BCUT2D eigenvalue weighted by molar-refractivity contribution is -0.870. The van der Waals surface area contributed by atoms with Crippen molar-refractivity contribution in [3.8, 4) is 0 Å². The van der Waals surface area contributed by atoms with Gasteiger partial charge in [-0.3, -0.25) is 9.59 Å². The summed E-state index contributed by atoms with van der Waals surface area (Å²) < 4.78 is 22.8. The first kappa shape index (κ1) is 92.4. The summed E-state index contributed by atoms with van der Waals surface area (Å²) in [5, 5.41) is 11.9. The molecule has 0 saturated heterocycles. The minimum atomic E-state index is -1.65. The number of aliphatic carboxylic acids is 1. The molecule has 0 heterocycles. The number of nitrogens with zero attached hydrogens (tertiary/aromatic N) is 1. The summed E-state index contributed by atoms with van der Waals surface area (Å²) >= 11 is 0. The summed E-state index contributed by atoms with van der Waals surface area (Å²) in [4.78, 5) is 37.6. The SMILES string of the molecule is CC/C=C\C/C=C\C/C=C\C/C=C\C/C=C\C/C=C\C/C=C\C/C=C\C/C=C\C/C=C\C/C=C\C/C=C\CCCCC(=O)OC(COC(=O)CCCCCCCCCCCCCCC/C=C\C/C=C\C/C=C\C/C=C\C/C=C\C/C=C\C/C=C\CC)COC(OCC[N+](C)(C)C)C(=O)[O-]. The van der Waals surface area contributed by atoms with E-state index in [0.29, 0.717) is 17.4 Å². The van der Waals surface area contributed by atoms with Gasteiger partial charge in [-0.15, -0.1) is 0 Å². The summed E-state index contributed by atoms with van der Waals surface area (Å²) in [6.07, 6.45) is 120. The first-order valence-corrected chi connectivity index (χ1v) is 38.5. The smallest absolute Gasteiger partial charge is 0.306 e. The third-order valence-corrected chi connectivity index (χ3v) is 15.4. The fourth-order valence-corrected chi connectivity index (χ4v) is 9.62. The molecule has 0 amide bonds. The van der Waals surface area contributed by atoms with Gasteiger partial charge in [0.25, 0.3) is 0 Å². The summed E-state index contributed by atoms with van der Waals surface area (Å²) in [7, 11) is 5.90.